The van der Waals surface area contributed by atoms with E-state index in [1.54, 1.807) is 0 Å². The predicted molar refractivity (Wildman–Crippen MR) is 58.7 cm³/mol. The molecule has 0 aromatic carbocycles. The van der Waals surface area contributed by atoms with Gasteiger partial charge in [-0.15, -0.1) is 0 Å². The summed E-state index contributed by atoms with van der Waals surface area (Å²) in [7, 11) is 0. The quantitative estimate of drug-likeness (QED) is 0.626. The van der Waals surface area contributed by atoms with Crippen LogP contribution in [-0.4, -0.2) is 4.83 Å². The van der Waals surface area contributed by atoms with Gasteiger partial charge in [0.2, 0.25) is 0 Å². The molecule has 0 N–H and O–H groups in total. The average Bonchev–Trinajstić information content (AvgIpc) is 2.31. The highest BCUT2D eigenvalue weighted by Gasteiger charge is 2.39. The van der Waals surface area contributed by atoms with Crippen LogP contribution in [0.25, 0.3) is 0 Å². The summed E-state index contributed by atoms with van der Waals surface area (Å²) in [5.41, 5.74) is 0.600. The molecule has 0 heterocycles. The summed E-state index contributed by atoms with van der Waals surface area (Å²) in [6.45, 7) is 9.56. The molecule has 1 aliphatic rings. The monoisotopic (exact) mass is 232 g/mol. The third-order valence-electron chi connectivity index (χ3n) is 3.82. The Kier molecular flexibility index (Phi) is 3.25. The van der Waals surface area contributed by atoms with Gasteiger partial charge in [-0.3, -0.25) is 0 Å². The van der Waals surface area contributed by atoms with Gasteiger partial charge in [-0.25, -0.2) is 0 Å². The smallest absolute Gasteiger partial charge is 0.0151 e. The molecule has 3 atom stereocenters. The van der Waals surface area contributed by atoms with E-state index >= 15 is 0 Å². The van der Waals surface area contributed by atoms with Crippen molar-refractivity contribution in [2.75, 3.05) is 0 Å². The van der Waals surface area contributed by atoms with Gasteiger partial charge in [-0.1, -0.05) is 43.6 Å². The van der Waals surface area contributed by atoms with Crippen molar-refractivity contribution in [3.8, 4) is 0 Å². The van der Waals surface area contributed by atoms with Crippen LogP contribution in [0.15, 0.2) is 0 Å². The molecule has 0 aromatic rings. The molecule has 0 aromatic heterocycles. The van der Waals surface area contributed by atoms with Gasteiger partial charge in [0.05, 0.1) is 0 Å². The summed E-state index contributed by atoms with van der Waals surface area (Å²) < 4.78 is 0. The molecule has 3 unspecified atom stereocenters. The zero-order valence-corrected chi connectivity index (χ0v) is 10.3. The molecule has 0 nitrogen and oxygen atoms in total. The highest BCUT2D eigenvalue weighted by molar-refractivity contribution is 9.09. The maximum Gasteiger partial charge on any atom is 0.0151 e. The predicted octanol–water partition coefficient (Wildman–Crippen LogP) is 4.23. The second-order valence-electron chi connectivity index (χ2n) is 5.03. The molecule has 0 saturated heterocycles. The Morgan fingerprint density at radius 1 is 1.33 bits per heavy atom. The third-order valence-corrected chi connectivity index (χ3v) is 4.60. The molecule has 1 fully saturated rings. The summed E-state index contributed by atoms with van der Waals surface area (Å²) >= 11 is 3.73. The number of rotatable bonds is 2. The van der Waals surface area contributed by atoms with Gasteiger partial charge < -0.3 is 0 Å². The Morgan fingerprint density at radius 2 is 1.92 bits per heavy atom. The number of hydrogen-bond donors (Lipinski definition) is 0. The summed E-state index contributed by atoms with van der Waals surface area (Å²) in [6, 6.07) is 0. The van der Waals surface area contributed by atoms with Crippen LogP contribution in [0.5, 0.6) is 0 Å². The first-order chi connectivity index (χ1) is 5.46. The van der Waals surface area contributed by atoms with Gasteiger partial charge in [-0.05, 0) is 36.5 Å². The lowest BCUT2D eigenvalue weighted by molar-refractivity contribution is 0.159. The standard InChI is InChI=1S/C11H21Br/c1-8(2)9(3)11(4)6-5-10(12)7-11/h8-10H,5-7H2,1-4H3. The van der Waals surface area contributed by atoms with Crippen LogP contribution in [-0.2, 0) is 0 Å². The lowest BCUT2D eigenvalue weighted by Gasteiger charge is -2.34. The number of hydrogen-bond acceptors (Lipinski definition) is 0. The summed E-state index contributed by atoms with van der Waals surface area (Å²) in [5, 5.41) is 0. The van der Waals surface area contributed by atoms with Crippen LogP contribution in [0.4, 0.5) is 0 Å². The lowest BCUT2D eigenvalue weighted by atomic mass is 9.71. The molecule has 1 heteroatoms. The van der Waals surface area contributed by atoms with Crippen molar-refractivity contribution >= 4 is 15.9 Å². The van der Waals surface area contributed by atoms with Crippen LogP contribution in [0.3, 0.4) is 0 Å². The van der Waals surface area contributed by atoms with Crippen molar-refractivity contribution in [2.24, 2.45) is 17.3 Å². The first-order valence-corrected chi connectivity index (χ1v) is 6.01. The van der Waals surface area contributed by atoms with E-state index in [2.05, 4.69) is 43.6 Å². The molecule has 12 heavy (non-hydrogen) atoms. The SMILES string of the molecule is CC(C)C(C)C1(C)CCC(Br)C1. The zero-order valence-electron chi connectivity index (χ0n) is 8.73. The van der Waals surface area contributed by atoms with Crippen LogP contribution >= 0.6 is 15.9 Å². The molecular weight excluding hydrogens is 212 g/mol. The van der Waals surface area contributed by atoms with Gasteiger partial charge in [0.25, 0.3) is 0 Å². The van der Waals surface area contributed by atoms with Gasteiger partial charge in [-0.2, -0.15) is 0 Å². The molecular formula is C11H21Br. The van der Waals surface area contributed by atoms with E-state index in [1.807, 2.05) is 0 Å². The van der Waals surface area contributed by atoms with Crippen molar-refractivity contribution in [3.63, 3.8) is 0 Å². The average molecular weight is 233 g/mol. The van der Waals surface area contributed by atoms with Crippen molar-refractivity contribution in [3.05, 3.63) is 0 Å². The van der Waals surface area contributed by atoms with Gasteiger partial charge in [0, 0.05) is 4.83 Å². The molecule has 1 rings (SSSR count). The maximum absolute atomic E-state index is 3.73. The topological polar surface area (TPSA) is 0 Å². The fraction of sp³-hybridized carbons (Fsp3) is 1.00. The minimum Gasteiger partial charge on any atom is -0.0890 e. The van der Waals surface area contributed by atoms with E-state index in [-0.39, 0.29) is 0 Å². The van der Waals surface area contributed by atoms with Crippen molar-refractivity contribution in [2.45, 2.75) is 51.8 Å². The van der Waals surface area contributed by atoms with E-state index in [1.165, 1.54) is 19.3 Å². The first kappa shape index (κ1) is 10.6. The Labute approximate surface area is 85.3 Å². The largest absolute Gasteiger partial charge is 0.0890 e. The van der Waals surface area contributed by atoms with Crippen molar-refractivity contribution in [1.29, 1.82) is 0 Å². The minimum absolute atomic E-state index is 0.600. The van der Waals surface area contributed by atoms with Crippen molar-refractivity contribution < 1.29 is 0 Å². The number of alkyl halides is 1. The minimum atomic E-state index is 0.600. The Bertz CT molecular complexity index is 153. The Balaban J connectivity index is 2.60. The molecule has 1 saturated carbocycles. The molecule has 0 spiro atoms. The maximum atomic E-state index is 3.73. The fourth-order valence-corrected chi connectivity index (χ4v) is 3.38. The van der Waals surface area contributed by atoms with E-state index in [4.69, 9.17) is 0 Å². The van der Waals surface area contributed by atoms with Crippen LogP contribution in [0.1, 0.15) is 47.0 Å². The third kappa shape index (κ3) is 2.04. The highest BCUT2D eigenvalue weighted by Crippen LogP contribution is 2.48. The molecule has 1 aliphatic carbocycles. The Morgan fingerprint density at radius 3 is 2.25 bits per heavy atom. The molecule has 72 valence electrons. The summed E-state index contributed by atoms with van der Waals surface area (Å²) in [4.78, 5) is 0.781. The van der Waals surface area contributed by atoms with Crippen LogP contribution in [0.2, 0.25) is 0 Å². The zero-order chi connectivity index (χ0) is 9.35. The van der Waals surface area contributed by atoms with Crippen molar-refractivity contribution in [1.82, 2.24) is 0 Å². The molecule has 0 aliphatic heterocycles. The fourth-order valence-electron chi connectivity index (χ4n) is 2.41. The lowest BCUT2D eigenvalue weighted by Crippen LogP contribution is -2.26. The van der Waals surface area contributed by atoms with Gasteiger partial charge in [0.15, 0.2) is 0 Å². The highest BCUT2D eigenvalue weighted by atomic mass is 79.9. The first-order valence-electron chi connectivity index (χ1n) is 5.10. The van der Waals surface area contributed by atoms with Crippen LogP contribution in [0, 0.1) is 17.3 Å². The summed E-state index contributed by atoms with van der Waals surface area (Å²) in [6.07, 6.45) is 4.14. The second kappa shape index (κ2) is 3.69. The molecule has 0 radical (unpaired) electrons. The van der Waals surface area contributed by atoms with Crippen LogP contribution < -0.4 is 0 Å². The second-order valence-corrected chi connectivity index (χ2v) is 6.32. The van der Waals surface area contributed by atoms with Gasteiger partial charge >= 0.3 is 0 Å². The van der Waals surface area contributed by atoms with E-state index < -0.39 is 0 Å². The van der Waals surface area contributed by atoms with E-state index in [0.29, 0.717) is 5.41 Å². The molecule has 0 amide bonds. The van der Waals surface area contributed by atoms with E-state index in [9.17, 15) is 0 Å². The number of halogens is 1. The molecule has 0 bridgehead atoms. The normalized spacial score (nSPS) is 39.0. The summed E-state index contributed by atoms with van der Waals surface area (Å²) in [5.74, 6) is 1.69. The Hall–Kier alpha value is 0.480. The van der Waals surface area contributed by atoms with E-state index in [0.717, 1.165) is 16.7 Å². The van der Waals surface area contributed by atoms with Gasteiger partial charge in [0.1, 0.15) is 0 Å².